The highest BCUT2D eigenvalue weighted by molar-refractivity contribution is 6.57. The molecular formula is C4H4N2O2. The number of rotatable bonds is 2. The van der Waals surface area contributed by atoms with Crippen LogP contribution in [0.25, 0.3) is 5.53 Å². The van der Waals surface area contributed by atoms with Gasteiger partial charge >= 0.3 is 5.71 Å². The molecule has 0 heterocycles. The molecule has 0 aliphatic heterocycles. The Kier molecular flexibility index (Phi) is 2.37. The van der Waals surface area contributed by atoms with Gasteiger partial charge in [-0.2, -0.15) is 4.79 Å². The van der Waals surface area contributed by atoms with E-state index < -0.39 is 11.5 Å². The summed E-state index contributed by atoms with van der Waals surface area (Å²) in [5.74, 6) is -0.539. The molecule has 0 saturated carbocycles. The number of carbonyl (C=O) groups excluding carboxylic acids is 2. The first-order chi connectivity index (χ1) is 3.72. The van der Waals surface area contributed by atoms with Gasteiger partial charge < -0.3 is 5.53 Å². The number of Topliss-reactive ketones (excluding diaryl/α,β-unsaturated/α-hetero) is 1. The van der Waals surface area contributed by atoms with Gasteiger partial charge in [0.25, 0.3) is 0 Å². The van der Waals surface area contributed by atoms with Gasteiger partial charge in [-0.1, -0.05) is 0 Å². The van der Waals surface area contributed by atoms with Gasteiger partial charge in [0, 0.05) is 6.92 Å². The number of hydrogen-bond donors (Lipinski definition) is 0. The molecule has 8 heavy (non-hydrogen) atoms. The van der Waals surface area contributed by atoms with Crippen LogP contribution in [0.5, 0.6) is 0 Å². The van der Waals surface area contributed by atoms with E-state index in [4.69, 9.17) is 5.53 Å². The molecule has 0 aromatic heterocycles. The second kappa shape index (κ2) is 2.82. The third-order valence-electron chi connectivity index (χ3n) is 0.580. The number of nitrogens with zero attached hydrogens (tertiary/aromatic N) is 2. The molecule has 0 spiro atoms. The first-order valence-corrected chi connectivity index (χ1v) is 1.90. The highest BCUT2D eigenvalue weighted by Crippen LogP contribution is 1.65. The van der Waals surface area contributed by atoms with Crippen LogP contribution < -0.4 is 0 Å². The first kappa shape index (κ1) is 6.72. The zero-order valence-electron chi connectivity index (χ0n) is 4.29. The molecule has 0 unspecified atom stereocenters. The monoisotopic (exact) mass is 112 g/mol. The molecule has 0 fully saturated rings. The number of ketones is 1. The molecule has 0 rings (SSSR count). The lowest BCUT2D eigenvalue weighted by atomic mass is 10.3. The van der Waals surface area contributed by atoms with E-state index in [-0.39, 0.29) is 6.29 Å². The first-order valence-electron chi connectivity index (χ1n) is 1.90. The lowest BCUT2D eigenvalue weighted by molar-refractivity contribution is -0.118. The lowest BCUT2D eigenvalue weighted by Gasteiger charge is -1.69. The fraction of sp³-hybridized carbons (Fsp3) is 0.250. The van der Waals surface area contributed by atoms with Crippen LogP contribution in [0.15, 0.2) is 0 Å². The van der Waals surface area contributed by atoms with Gasteiger partial charge in [-0.3, -0.25) is 9.59 Å². The van der Waals surface area contributed by atoms with Gasteiger partial charge in [-0.15, -0.1) is 0 Å². The third kappa shape index (κ3) is 1.45. The van der Waals surface area contributed by atoms with Gasteiger partial charge in [-0.25, -0.2) is 0 Å². The SMILES string of the molecule is CC(=O)C(C=O)=[N+]=[N-]. The lowest BCUT2D eigenvalue weighted by Crippen LogP contribution is -2.11. The Morgan fingerprint density at radius 1 is 1.75 bits per heavy atom. The predicted molar refractivity (Wildman–Crippen MR) is 25.4 cm³/mol. The van der Waals surface area contributed by atoms with Crippen LogP contribution in [-0.4, -0.2) is 22.6 Å². The normalized spacial score (nSPS) is 7.12. The third-order valence-corrected chi connectivity index (χ3v) is 0.580. The highest BCUT2D eigenvalue weighted by Gasteiger charge is 2.10. The van der Waals surface area contributed by atoms with E-state index in [0.717, 1.165) is 6.92 Å². The number of aldehydes is 1. The van der Waals surface area contributed by atoms with E-state index in [1.807, 2.05) is 0 Å². The van der Waals surface area contributed by atoms with Crippen LogP contribution >= 0.6 is 0 Å². The van der Waals surface area contributed by atoms with Crippen molar-refractivity contribution < 1.29 is 14.4 Å². The van der Waals surface area contributed by atoms with Gasteiger partial charge in [0.1, 0.15) is 0 Å². The van der Waals surface area contributed by atoms with Crippen LogP contribution in [0.3, 0.4) is 0 Å². The van der Waals surface area contributed by atoms with Crippen molar-refractivity contribution in [1.82, 2.24) is 0 Å². The second-order valence-electron chi connectivity index (χ2n) is 1.16. The molecule has 4 nitrogen and oxygen atoms in total. The summed E-state index contributed by atoms with van der Waals surface area (Å²) in [7, 11) is 0. The van der Waals surface area contributed by atoms with Crippen molar-refractivity contribution in [2.75, 3.05) is 0 Å². The van der Waals surface area contributed by atoms with Gasteiger partial charge in [0.05, 0.1) is 0 Å². The maximum absolute atomic E-state index is 10.1. The van der Waals surface area contributed by atoms with E-state index in [9.17, 15) is 9.59 Å². The molecule has 0 aromatic rings. The molecule has 0 aromatic carbocycles. The molecule has 42 valence electrons. The van der Waals surface area contributed by atoms with Crippen LogP contribution in [0.1, 0.15) is 6.92 Å². The average Bonchev–Trinajstić information content (AvgIpc) is 1.69. The van der Waals surface area contributed by atoms with E-state index in [2.05, 4.69) is 4.79 Å². The predicted octanol–water partition coefficient (Wildman–Crippen LogP) is -0.555. The minimum atomic E-state index is -0.539. The Labute approximate surface area is 45.7 Å². The molecule has 0 N–H and O–H groups in total. The van der Waals surface area contributed by atoms with Crippen LogP contribution in [0, 0.1) is 0 Å². The maximum Gasteiger partial charge on any atom is 0.396 e. The average molecular weight is 112 g/mol. The van der Waals surface area contributed by atoms with E-state index in [1.165, 1.54) is 0 Å². The Morgan fingerprint density at radius 3 is 2.25 bits per heavy atom. The minimum absolute atomic E-state index is 0.197. The molecule has 0 amide bonds. The molecule has 0 atom stereocenters. The van der Waals surface area contributed by atoms with Crippen LogP contribution in [-0.2, 0) is 9.59 Å². The summed E-state index contributed by atoms with van der Waals surface area (Å²) in [6.45, 7) is 1.14. The molecule has 0 aliphatic carbocycles. The summed E-state index contributed by atoms with van der Waals surface area (Å²) in [5.41, 5.74) is 7.38. The molecular weight excluding hydrogens is 108 g/mol. The van der Waals surface area contributed by atoms with Crippen molar-refractivity contribution in [3.8, 4) is 0 Å². The Morgan fingerprint density at radius 2 is 2.25 bits per heavy atom. The minimum Gasteiger partial charge on any atom is -0.360 e. The standard InChI is InChI=1S/C4H4N2O2/c1-3(8)4(2-7)6-5/h2H,1H3. The maximum atomic E-state index is 10.1. The van der Waals surface area contributed by atoms with E-state index in [1.54, 1.807) is 0 Å². The molecule has 0 bridgehead atoms. The van der Waals surface area contributed by atoms with Crippen molar-refractivity contribution in [3.05, 3.63) is 5.53 Å². The molecule has 0 radical (unpaired) electrons. The van der Waals surface area contributed by atoms with Crippen molar-refractivity contribution in [2.45, 2.75) is 6.92 Å². The van der Waals surface area contributed by atoms with Gasteiger partial charge in [-0.05, 0) is 0 Å². The van der Waals surface area contributed by atoms with Gasteiger partial charge in [0.15, 0.2) is 0 Å². The number of carbonyl (C=O) groups is 2. The van der Waals surface area contributed by atoms with E-state index in [0.29, 0.717) is 0 Å². The molecule has 4 heteroatoms. The summed E-state index contributed by atoms with van der Waals surface area (Å²) in [4.78, 5) is 22.2. The van der Waals surface area contributed by atoms with Crippen molar-refractivity contribution in [3.63, 3.8) is 0 Å². The second-order valence-corrected chi connectivity index (χ2v) is 1.16. The van der Waals surface area contributed by atoms with Crippen LogP contribution in [0.2, 0.25) is 0 Å². The van der Waals surface area contributed by atoms with Gasteiger partial charge in [0.2, 0.25) is 12.1 Å². The molecule has 0 aliphatic rings. The summed E-state index contributed by atoms with van der Waals surface area (Å²) >= 11 is 0. The van der Waals surface area contributed by atoms with Crippen molar-refractivity contribution >= 4 is 17.8 Å². The largest absolute Gasteiger partial charge is 0.396 e. The van der Waals surface area contributed by atoms with Crippen LogP contribution in [0.4, 0.5) is 0 Å². The van der Waals surface area contributed by atoms with E-state index >= 15 is 0 Å². The summed E-state index contributed by atoms with van der Waals surface area (Å²) < 4.78 is 0. The van der Waals surface area contributed by atoms with Crippen molar-refractivity contribution in [1.29, 1.82) is 0 Å². The smallest absolute Gasteiger partial charge is 0.360 e. The summed E-state index contributed by atoms with van der Waals surface area (Å²) in [5, 5.41) is 0. The van der Waals surface area contributed by atoms with Crippen molar-refractivity contribution in [2.24, 2.45) is 0 Å². The fourth-order valence-corrected chi connectivity index (χ4v) is 0.177. The Bertz CT molecular complexity index is 167. The summed E-state index contributed by atoms with van der Waals surface area (Å²) in [6, 6.07) is 0. The zero-order valence-corrected chi connectivity index (χ0v) is 4.29. The highest BCUT2D eigenvalue weighted by atomic mass is 16.1. The topological polar surface area (TPSA) is 70.5 Å². The quantitative estimate of drug-likeness (QED) is 0.158. The molecule has 0 saturated heterocycles. The zero-order chi connectivity index (χ0) is 6.57. The Balaban J connectivity index is 4.37. The number of hydrogen-bond acceptors (Lipinski definition) is 2. The Hall–Kier alpha value is -1.28. The summed E-state index contributed by atoms with van der Waals surface area (Å²) in [6.07, 6.45) is 0.197. The fourth-order valence-electron chi connectivity index (χ4n) is 0.177.